The van der Waals surface area contributed by atoms with Crippen molar-refractivity contribution in [2.75, 3.05) is 19.7 Å². The van der Waals surface area contributed by atoms with Gasteiger partial charge in [0.15, 0.2) is 5.82 Å². The average molecular weight is 502 g/mol. The Bertz CT molecular complexity index is 1480. The highest BCUT2D eigenvalue weighted by atomic mass is 16.5. The summed E-state index contributed by atoms with van der Waals surface area (Å²) in [5, 5.41) is 12.6. The van der Waals surface area contributed by atoms with E-state index in [1.54, 1.807) is 4.90 Å². The fraction of sp³-hybridized carbons (Fsp3) is 0.393. The molecule has 1 saturated carbocycles. The van der Waals surface area contributed by atoms with Crippen molar-refractivity contribution in [2.45, 2.75) is 38.1 Å². The number of likely N-dealkylation sites (tertiary alicyclic amines) is 1. The summed E-state index contributed by atoms with van der Waals surface area (Å²) < 4.78 is 7.98. The highest BCUT2D eigenvalue weighted by Gasteiger charge is 2.26. The molecule has 0 spiro atoms. The predicted molar refractivity (Wildman–Crippen MR) is 141 cm³/mol. The van der Waals surface area contributed by atoms with E-state index in [1.807, 2.05) is 41.9 Å². The Morgan fingerprint density at radius 3 is 2.84 bits per heavy atom. The quantitative estimate of drug-likeness (QED) is 0.338. The summed E-state index contributed by atoms with van der Waals surface area (Å²) in [5.74, 6) is 2.41. The van der Waals surface area contributed by atoms with Gasteiger partial charge in [0, 0.05) is 42.6 Å². The van der Waals surface area contributed by atoms with Crippen molar-refractivity contribution in [3.05, 3.63) is 48.0 Å². The summed E-state index contributed by atoms with van der Waals surface area (Å²) in [5.41, 5.74) is 4.14. The summed E-state index contributed by atoms with van der Waals surface area (Å²) in [7, 11) is 1.97. The van der Waals surface area contributed by atoms with E-state index in [-0.39, 0.29) is 11.9 Å². The molecule has 1 saturated heterocycles. The molecule has 4 aromatic rings. The van der Waals surface area contributed by atoms with E-state index in [1.165, 1.54) is 12.8 Å². The van der Waals surface area contributed by atoms with E-state index < -0.39 is 6.09 Å². The molecule has 9 heteroatoms. The Balaban J connectivity index is 1.23. The molecule has 1 unspecified atom stereocenters. The zero-order chi connectivity index (χ0) is 25.5. The fourth-order valence-corrected chi connectivity index (χ4v) is 5.28. The van der Waals surface area contributed by atoms with E-state index in [2.05, 4.69) is 22.4 Å². The second-order valence-corrected chi connectivity index (χ2v) is 10.3. The van der Waals surface area contributed by atoms with E-state index in [4.69, 9.17) is 14.8 Å². The molecule has 2 aromatic heterocycles. The minimum absolute atomic E-state index is 0.106. The largest absolute Gasteiger partial charge is 0.494 e. The van der Waals surface area contributed by atoms with Gasteiger partial charge in [0.2, 0.25) is 0 Å². The molecule has 37 heavy (non-hydrogen) atoms. The molecular formula is C28H31N5O4. The van der Waals surface area contributed by atoms with Crippen LogP contribution in [0.25, 0.3) is 33.5 Å². The predicted octanol–water partition coefficient (Wildman–Crippen LogP) is 4.77. The molecular weight excluding hydrogens is 470 g/mol. The number of carboxylic acid groups (broad SMARTS) is 1. The number of hydrogen-bond acceptors (Lipinski definition) is 4. The number of imidazole rings is 1. The van der Waals surface area contributed by atoms with Crippen molar-refractivity contribution in [1.82, 2.24) is 24.8 Å². The first-order chi connectivity index (χ1) is 17.9. The van der Waals surface area contributed by atoms with Gasteiger partial charge in [0.1, 0.15) is 5.75 Å². The molecule has 2 fully saturated rings. The van der Waals surface area contributed by atoms with Crippen LogP contribution in [0, 0.1) is 5.92 Å². The first-order valence-corrected chi connectivity index (χ1v) is 13.0. The number of aromatic amines is 1. The zero-order valence-corrected chi connectivity index (χ0v) is 20.9. The van der Waals surface area contributed by atoms with Gasteiger partial charge in [-0.25, -0.2) is 9.78 Å². The first-order valence-electron chi connectivity index (χ1n) is 13.0. The number of ether oxygens (including phenoxy) is 1. The molecule has 2 aliphatic rings. The van der Waals surface area contributed by atoms with E-state index in [9.17, 15) is 9.59 Å². The van der Waals surface area contributed by atoms with Crippen molar-refractivity contribution in [3.63, 3.8) is 0 Å². The summed E-state index contributed by atoms with van der Waals surface area (Å²) >= 11 is 0. The Morgan fingerprint density at radius 2 is 2.03 bits per heavy atom. The van der Waals surface area contributed by atoms with Crippen LogP contribution in [0.1, 0.15) is 42.5 Å². The van der Waals surface area contributed by atoms with Gasteiger partial charge in [-0.1, -0.05) is 12.8 Å². The lowest BCUT2D eigenvalue weighted by Crippen LogP contribution is -2.49. The number of H-pyrrole nitrogens is 1. The highest BCUT2D eigenvalue weighted by molar-refractivity contribution is 5.98. The molecule has 3 N–H and O–H groups in total. The normalized spacial score (nSPS) is 17.9. The molecule has 1 aliphatic heterocycles. The van der Waals surface area contributed by atoms with Crippen LogP contribution in [0.3, 0.4) is 0 Å². The maximum atomic E-state index is 13.2. The maximum Gasteiger partial charge on any atom is 0.404 e. The topological polar surface area (TPSA) is 112 Å². The molecule has 3 heterocycles. The van der Waals surface area contributed by atoms with Gasteiger partial charge in [-0.2, -0.15) is 0 Å². The molecule has 9 nitrogen and oxygen atoms in total. The molecule has 0 radical (unpaired) electrons. The molecule has 2 aromatic carbocycles. The Kier molecular flexibility index (Phi) is 5.98. The number of aryl methyl sites for hydroxylation is 1. The molecule has 192 valence electrons. The van der Waals surface area contributed by atoms with Gasteiger partial charge in [0.25, 0.3) is 5.91 Å². The SMILES string of the molecule is Cn1c(-c2cc3cc(OCCC4CC4)ccc3[nH]2)nc2cc(C(=O)N3CCCC(NC(=O)O)C3)ccc21. The third-order valence-electron chi connectivity index (χ3n) is 7.49. The Hall–Kier alpha value is -4.01. The van der Waals surface area contributed by atoms with Crippen LogP contribution in [0.4, 0.5) is 4.79 Å². The minimum Gasteiger partial charge on any atom is -0.494 e. The van der Waals surface area contributed by atoms with E-state index >= 15 is 0 Å². The molecule has 0 bridgehead atoms. The number of nitrogens with one attached hydrogen (secondary N) is 2. The smallest absolute Gasteiger partial charge is 0.404 e. The van der Waals surface area contributed by atoms with Gasteiger partial charge in [-0.3, -0.25) is 4.79 Å². The van der Waals surface area contributed by atoms with Gasteiger partial charge in [-0.15, -0.1) is 0 Å². The number of carbonyl (C=O) groups excluding carboxylic acids is 1. The number of aromatic nitrogens is 3. The molecule has 2 amide bonds. The van der Waals surface area contributed by atoms with Crippen LogP contribution < -0.4 is 10.1 Å². The lowest BCUT2D eigenvalue weighted by Gasteiger charge is -2.32. The molecule has 6 rings (SSSR count). The van der Waals surface area contributed by atoms with Gasteiger partial charge in [0.05, 0.1) is 23.3 Å². The summed E-state index contributed by atoms with van der Waals surface area (Å²) in [6, 6.07) is 13.5. The second kappa shape index (κ2) is 9.46. The molecule has 1 aliphatic carbocycles. The van der Waals surface area contributed by atoms with Crippen LogP contribution in [0.5, 0.6) is 5.75 Å². The third-order valence-corrected chi connectivity index (χ3v) is 7.49. The van der Waals surface area contributed by atoms with Gasteiger partial charge < -0.3 is 29.6 Å². The van der Waals surface area contributed by atoms with E-state index in [0.29, 0.717) is 18.7 Å². The third kappa shape index (κ3) is 4.85. The lowest BCUT2D eigenvalue weighted by atomic mass is 10.0. The number of amides is 2. The Morgan fingerprint density at radius 1 is 1.16 bits per heavy atom. The lowest BCUT2D eigenvalue weighted by molar-refractivity contribution is 0.0692. The van der Waals surface area contributed by atoms with Crippen molar-refractivity contribution < 1.29 is 19.4 Å². The fourth-order valence-electron chi connectivity index (χ4n) is 5.28. The Labute approximate surface area is 214 Å². The van der Waals surface area contributed by atoms with Gasteiger partial charge in [-0.05, 0) is 67.6 Å². The number of nitrogens with zero attached hydrogens (tertiary/aromatic N) is 3. The summed E-state index contributed by atoms with van der Waals surface area (Å²) in [4.78, 5) is 34.3. The number of piperidine rings is 1. The average Bonchev–Trinajstić information content (AvgIpc) is 3.52. The number of hydrogen-bond donors (Lipinski definition) is 3. The maximum absolute atomic E-state index is 13.2. The van der Waals surface area contributed by atoms with Crippen molar-refractivity contribution in [2.24, 2.45) is 13.0 Å². The summed E-state index contributed by atoms with van der Waals surface area (Å²) in [6.07, 6.45) is 4.23. The van der Waals surface area contributed by atoms with Crippen molar-refractivity contribution >= 4 is 33.9 Å². The van der Waals surface area contributed by atoms with Crippen LogP contribution in [0.2, 0.25) is 0 Å². The summed E-state index contributed by atoms with van der Waals surface area (Å²) in [6.45, 7) is 1.74. The number of benzene rings is 2. The van der Waals surface area contributed by atoms with Crippen LogP contribution in [0.15, 0.2) is 42.5 Å². The minimum atomic E-state index is -1.06. The standard InChI is InChI=1S/C28H31N5O4/c1-32-25-9-6-18(27(34)33-11-2-3-20(16-33)29-28(35)36)14-23(25)31-26(32)24-15-19-13-21(7-8-22(19)30-24)37-12-10-17-4-5-17/h6-9,13-15,17,20,29-30H,2-5,10-12,16H2,1H3,(H,35,36). The van der Waals surface area contributed by atoms with Crippen LogP contribution >= 0.6 is 0 Å². The highest BCUT2D eigenvalue weighted by Crippen LogP contribution is 2.33. The van der Waals surface area contributed by atoms with Crippen molar-refractivity contribution in [1.29, 1.82) is 0 Å². The van der Waals surface area contributed by atoms with Crippen molar-refractivity contribution in [3.8, 4) is 17.3 Å². The first kappa shape index (κ1) is 23.4. The van der Waals surface area contributed by atoms with Crippen LogP contribution in [-0.4, -0.2) is 62.3 Å². The van der Waals surface area contributed by atoms with Gasteiger partial charge >= 0.3 is 6.09 Å². The zero-order valence-electron chi connectivity index (χ0n) is 20.9. The number of fused-ring (bicyclic) bond motifs is 2. The number of carbonyl (C=O) groups is 2. The molecule has 1 atom stereocenters. The van der Waals surface area contributed by atoms with Crippen LogP contribution in [-0.2, 0) is 7.05 Å². The second-order valence-electron chi connectivity index (χ2n) is 10.3. The monoisotopic (exact) mass is 501 g/mol. The van der Waals surface area contributed by atoms with E-state index in [0.717, 1.165) is 71.0 Å². The number of rotatable bonds is 7.